The highest BCUT2D eigenvalue weighted by atomic mass is 35.5. The second kappa shape index (κ2) is 9.29. The molecule has 3 rings (SSSR count). The van der Waals surface area contributed by atoms with Crippen LogP contribution in [0.15, 0.2) is 76.5 Å². The van der Waals surface area contributed by atoms with Gasteiger partial charge < -0.3 is 4.74 Å². The Balaban J connectivity index is 1.77. The van der Waals surface area contributed by atoms with Gasteiger partial charge in [-0.25, -0.2) is 16.8 Å². The highest BCUT2D eigenvalue weighted by molar-refractivity contribution is 7.93. The van der Waals surface area contributed by atoms with Crippen molar-refractivity contribution < 1.29 is 34.7 Å². The van der Waals surface area contributed by atoms with Gasteiger partial charge in [0.15, 0.2) is 0 Å². The van der Waals surface area contributed by atoms with E-state index >= 15 is 0 Å². The molecule has 7 nitrogen and oxygen atoms in total. The fourth-order valence-electron chi connectivity index (χ4n) is 2.57. The lowest BCUT2D eigenvalue weighted by Crippen LogP contribution is -2.17. The van der Waals surface area contributed by atoms with E-state index < -0.39 is 32.2 Å². The molecule has 0 fully saturated rings. The lowest BCUT2D eigenvalue weighted by Gasteiger charge is -2.12. The second-order valence-electron chi connectivity index (χ2n) is 6.42. The summed E-state index contributed by atoms with van der Waals surface area (Å²) in [4.78, 5) is -0.460. The lowest BCUT2D eigenvalue weighted by molar-refractivity contribution is -0.274. The zero-order valence-electron chi connectivity index (χ0n) is 16.1. The summed E-state index contributed by atoms with van der Waals surface area (Å²) in [7, 11) is -8.26. The number of ether oxygens (including phenoxy) is 1. The molecule has 0 radical (unpaired) electrons. The van der Waals surface area contributed by atoms with E-state index in [2.05, 4.69) is 14.2 Å². The summed E-state index contributed by atoms with van der Waals surface area (Å²) in [6.07, 6.45) is -4.93. The zero-order valence-corrected chi connectivity index (χ0v) is 19.2. The lowest BCUT2D eigenvalue weighted by atomic mass is 10.3. The summed E-state index contributed by atoms with van der Waals surface area (Å²) in [6, 6.07) is 12.6. The molecule has 0 amide bonds. The van der Waals surface area contributed by atoms with Gasteiger partial charge in [-0.05, 0) is 54.6 Å². The van der Waals surface area contributed by atoms with E-state index in [1.807, 2.05) is 0 Å². The Bertz CT molecular complexity index is 1360. The van der Waals surface area contributed by atoms with E-state index in [0.29, 0.717) is 0 Å². The molecule has 0 aliphatic carbocycles. The molecule has 0 aromatic heterocycles. The van der Waals surface area contributed by atoms with Crippen molar-refractivity contribution in [3.05, 3.63) is 76.8 Å². The van der Waals surface area contributed by atoms with Crippen molar-refractivity contribution in [2.75, 3.05) is 9.44 Å². The van der Waals surface area contributed by atoms with Gasteiger partial charge in [0.05, 0.1) is 15.5 Å². The summed E-state index contributed by atoms with van der Waals surface area (Å²) in [6.45, 7) is 0. The highest BCUT2D eigenvalue weighted by Crippen LogP contribution is 2.27. The average molecular weight is 541 g/mol. The van der Waals surface area contributed by atoms with Crippen LogP contribution < -0.4 is 14.2 Å². The van der Waals surface area contributed by atoms with Gasteiger partial charge in [-0.1, -0.05) is 29.3 Å². The molecule has 0 aliphatic heterocycles. The minimum atomic E-state index is -4.93. The van der Waals surface area contributed by atoms with Crippen LogP contribution in [0.3, 0.4) is 0 Å². The van der Waals surface area contributed by atoms with Gasteiger partial charge >= 0.3 is 6.36 Å². The molecule has 0 saturated carbocycles. The minimum absolute atomic E-state index is 0.0469. The Morgan fingerprint density at radius 3 is 1.82 bits per heavy atom. The molecule has 33 heavy (non-hydrogen) atoms. The van der Waals surface area contributed by atoms with E-state index in [-0.39, 0.29) is 31.2 Å². The van der Waals surface area contributed by atoms with Crippen molar-refractivity contribution in [2.45, 2.75) is 16.2 Å². The number of rotatable bonds is 7. The summed E-state index contributed by atoms with van der Waals surface area (Å²) in [5.41, 5.74) is -0.120. The second-order valence-corrected chi connectivity index (χ2v) is 10.7. The smallest absolute Gasteiger partial charge is 0.406 e. The van der Waals surface area contributed by atoms with E-state index in [4.69, 9.17) is 23.2 Å². The first kappa shape index (κ1) is 25.0. The first-order valence-electron chi connectivity index (χ1n) is 8.71. The van der Waals surface area contributed by atoms with Crippen molar-refractivity contribution in [3.63, 3.8) is 0 Å². The Hall–Kier alpha value is -2.67. The van der Waals surface area contributed by atoms with Crippen LogP contribution in [-0.4, -0.2) is 23.2 Å². The van der Waals surface area contributed by atoms with E-state index in [1.165, 1.54) is 42.5 Å². The quantitative estimate of drug-likeness (QED) is 0.412. The van der Waals surface area contributed by atoms with Crippen molar-refractivity contribution >= 4 is 54.6 Å². The molecule has 14 heteroatoms. The van der Waals surface area contributed by atoms with Crippen molar-refractivity contribution in [1.29, 1.82) is 0 Å². The van der Waals surface area contributed by atoms with Crippen LogP contribution in [0, 0.1) is 0 Å². The third kappa shape index (κ3) is 6.90. The number of halogens is 5. The van der Waals surface area contributed by atoms with E-state index in [9.17, 15) is 30.0 Å². The number of hydrogen-bond acceptors (Lipinski definition) is 5. The van der Waals surface area contributed by atoms with Gasteiger partial charge in [-0.3, -0.25) is 9.44 Å². The molecule has 0 saturated heterocycles. The van der Waals surface area contributed by atoms with Crippen LogP contribution in [-0.2, 0) is 20.0 Å². The van der Waals surface area contributed by atoms with E-state index in [1.54, 1.807) is 0 Å². The van der Waals surface area contributed by atoms with Crippen LogP contribution in [0.25, 0.3) is 0 Å². The maximum Gasteiger partial charge on any atom is 0.573 e. The topological polar surface area (TPSA) is 102 Å². The van der Waals surface area contributed by atoms with Crippen LogP contribution in [0.2, 0.25) is 10.0 Å². The molecule has 0 unspecified atom stereocenters. The largest absolute Gasteiger partial charge is 0.573 e. The van der Waals surface area contributed by atoms with Gasteiger partial charge in [0.1, 0.15) is 5.75 Å². The normalized spacial score (nSPS) is 12.3. The molecule has 176 valence electrons. The fraction of sp³-hybridized carbons (Fsp3) is 0.0526. The van der Waals surface area contributed by atoms with Gasteiger partial charge in [0.25, 0.3) is 20.0 Å². The highest BCUT2D eigenvalue weighted by Gasteiger charge is 2.31. The molecule has 3 aromatic rings. The van der Waals surface area contributed by atoms with Crippen LogP contribution >= 0.6 is 23.2 Å². The molecular formula is C19H13Cl2F3N2O5S2. The molecular weight excluding hydrogens is 528 g/mol. The number of anilines is 2. The zero-order chi connectivity index (χ0) is 24.4. The van der Waals surface area contributed by atoms with Gasteiger partial charge in [-0.15, -0.1) is 13.2 Å². The minimum Gasteiger partial charge on any atom is -0.406 e. The average Bonchev–Trinajstić information content (AvgIpc) is 2.66. The molecule has 0 heterocycles. The first-order valence-corrected chi connectivity index (χ1v) is 12.4. The Morgan fingerprint density at radius 1 is 0.697 bits per heavy atom. The Kier molecular flexibility index (Phi) is 7.03. The number of hydrogen-bond donors (Lipinski definition) is 2. The predicted octanol–water partition coefficient (Wildman–Crippen LogP) is 5.49. The van der Waals surface area contributed by atoms with Crippen LogP contribution in [0.1, 0.15) is 0 Å². The first-order chi connectivity index (χ1) is 15.2. The Morgan fingerprint density at radius 2 is 1.24 bits per heavy atom. The molecule has 0 spiro atoms. The maximum absolute atomic E-state index is 12.5. The number of alkyl halides is 3. The summed E-state index contributed by atoms with van der Waals surface area (Å²) < 4.78 is 95.3. The summed E-state index contributed by atoms with van der Waals surface area (Å²) >= 11 is 11.6. The van der Waals surface area contributed by atoms with Crippen molar-refractivity contribution in [3.8, 4) is 5.75 Å². The number of benzene rings is 3. The third-order valence-corrected chi connectivity index (χ3v) is 7.08. The molecule has 0 bridgehead atoms. The number of nitrogens with one attached hydrogen (secondary N) is 2. The fourth-order valence-corrected chi connectivity index (χ4v) is 5.40. The standard InChI is InChI=1S/C19H13Cl2F3N2O5S2/c20-12-8-13(21)10-18(9-12)33(29,30)25-14-4-6-17(7-5-14)32(27,28)26-15-2-1-3-16(11-15)31-19(22,23)24/h1-11,25-26H. The van der Waals surface area contributed by atoms with Crippen LogP contribution in [0.4, 0.5) is 24.5 Å². The maximum atomic E-state index is 12.5. The summed E-state index contributed by atoms with van der Waals surface area (Å²) in [5, 5.41) is 0.222. The SMILES string of the molecule is O=S(=O)(Nc1cccc(OC(F)(F)F)c1)c1ccc(NS(=O)(=O)c2cc(Cl)cc(Cl)c2)cc1. The van der Waals surface area contributed by atoms with Gasteiger partial charge in [0, 0.05) is 21.8 Å². The van der Waals surface area contributed by atoms with Crippen LogP contribution in [0.5, 0.6) is 5.75 Å². The van der Waals surface area contributed by atoms with Gasteiger partial charge in [0.2, 0.25) is 0 Å². The third-order valence-electron chi connectivity index (χ3n) is 3.88. The predicted molar refractivity (Wildman–Crippen MR) is 118 cm³/mol. The molecule has 2 N–H and O–H groups in total. The number of sulfonamides is 2. The van der Waals surface area contributed by atoms with Gasteiger partial charge in [-0.2, -0.15) is 0 Å². The van der Waals surface area contributed by atoms with Crippen molar-refractivity contribution in [2.24, 2.45) is 0 Å². The van der Waals surface area contributed by atoms with E-state index in [0.717, 1.165) is 24.3 Å². The Labute approximate surface area is 197 Å². The van der Waals surface area contributed by atoms with Crippen molar-refractivity contribution in [1.82, 2.24) is 0 Å². The molecule has 3 aromatic carbocycles. The monoisotopic (exact) mass is 540 g/mol. The molecule has 0 aliphatic rings. The molecule has 0 atom stereocenters. The summed E-state index contributed by atoms with van der Waals surface area (Å²) in [5.74, 6) is -0.603.